The Morgan fingerprint density at radius 1 is 1.42 bits per heavy atom. The number of halogens is 1. The SMILES string of the molecule is NNC(=O)[C@H]1SCCN1S(=O)(=O)c1ccc(Cl)cc1. The summed E-state index contributed by atoms with van der Waals surface area (Å²) < 4.78 is 26.0. The first-order valence-electron chi connectivity index (χ1n) is 5.36. The molecule has 0 aliphatic carbocycles. The number of nitrogens with two attached hydrogens (primary N) is 1. The lowest BCUT2D eigenvalue weighted by Gasteiger charge is -2.21. The monoisotopic (exact) mass is 321 g/mol. The van der Waals surface area contributed by atoms with Crippen LogP contribution in [-0.4, -0.2) is 36.3 Å². The van der Waals surface area contributed by atoms with E-state index in [0.29, 0.717) is 10.8 Å². The van der Waals surface area contributed by atoms with Crippen molar-refractivity contribution in [2.75, 3.05) is 12.3 Å². The molecule has 9 heteroatoms. The van der Waals surface area contributed by atoms with E-state index in [1.807, 2.05) is 5.43 Å². The van der Waals surface area contributed by atoms with Gasteiger partial charge in [-0.1, -0.05) is 11.6 Å². The first-order valence-corrected chi connectivity index (χ1v) is 8.23. The summed E-state index contributed by atoms with van der Waals surface area (Å²) in [6, 6.07) is 5.82. The van der Waals surface area contributed by atoms with Crippen molar-refractivity contribution in [2.24, 2.45) is 5.84 Å². The van der Waals surface area contributed by atoms with Gasteiger partial charge in [-0.25, -0.2) is 14.3 Å². The van der Waals surface area contributed by atoms with Gasteiger partial charge in [0.15, 0.2) is 5.37 Å². The van der Waals surface area contributed by atoms with Crippen molar-refractivity contribution in [3.8, 4) is 0 Å². The van der Waals surface area contributed by atoms with Gasteiger partial charge in [-0.2, -0.15) is 4.31 Å². The summed E-state index contributed by atoms with van der Waals surface area (Å²) in [7, 11) is -3.72. The number of thioether (sulfide) groups is 1. The van der Waals surface area contributed by atoms with Crippen molar-refractivity contribution in [1.82, 2.24) is 9.73 Å². The molecule has 3 N–H and O–H groups in total. The maximum absolute atomic E-state index is 12.4. The van der Waals surface area contributed by atoms with Crippen molar-refractivity contribution in [3.63, 3.8) is 0 Å². The van der Waals surface area contributed by atoms with Crippen LogP contribution < -0.4 is 11.3 Å². The summed E-state index contributed by atoms with van der Waals surface area (Å²) in [6.07, 6.45) is 0. The summed E-state index contributed by atoms with van der Waals surface area (Å²) in [5.74, 6) is 5.08. The summed E-state index contributed by atoms with van der Waals surface area (Å²) in [5.41, 5.74) is 1.98. The molecular weight excluding hydrogens is 310 g/mol. The number of carbonyl (C=O) groups excluding carboxylic acids is 1. The number of hydrazine groups is 1. The van der Waals surface area contributed by atoms with E-state index in [-0.39, 0.29) is 11.4 Å². The Morgan fingerprint density at radius 3 is 2.63 bits per heavy atom. The Balaban J connectivity index is 2.33. The van der Waals surface area contributed by atoms with Crippen LogP contribution in [-0.2, 0) is 14.8 Å². The molecule has 0 radical (unpaired) electrons. The molecule has 6 nitrogen and oxygen atoms in total. The first-order chi connectivity index (χ1) is 8.96. The van der Waals surface area contributed by atoms with E-state index in [1.54, 1.807) is 0 Å². The second kappa shape index (κ2) is 5.68. The Hall–Kier alpha value is -0.800. The Morgan fingerprint density at radius 2 is 2.05 bits per heavy atom. The fourth-order valence-corrected chi connectivity index (χ4v) is 4.93. The van der Waals surface area contributed by atoms with Crippen LogP contribution in [0.3, 0.4) is 0 Å². The highest BCUT2D eigenvalue weighted by Crippen LogP contribution is 2.30. The molecule has 1 amide bonds. The van der Waals surface area contributed by atoms with E-state index >= 15 is 0 Å². The number of nitrogens with one attached hydrogen (secondary N) is 1. The van der Waals surface area contributed by atoms with Gasteiger partial charge < -0.3 is 0 Å². The number of carbonyl (C=O) groups is 1. The van der Waals surface area contributed by atoms with Gasteiger partial charge in [0.2, 0.25) is 10.0 Å². The normalized spacial score (nSPS) is 20.4. The molecule has 1 aliphatic heterocycles. The highest BCUT2D eigenvalue weighted by atomic mass is 35.5. The van der Waals surface area contributed by atoms with E-state index in [1.165, 1.54) is 36.0 Å². The summed E-state index contributed by atoms with van der Waals surface area (Å²) >= 11 is 6.97. The predicted octanol–water partition coefficient (Wildman–Crippen LogP) is 0.393. The van der Waals surface area contributed by atoms with Crippen molar-refractivity contribution in [2.45, 2.75) is 10.3 Å². The second-order valence-corrected chi connectivity index (χ2v) is 7.32. The molecule has 1 aliphatic rings. The van der Waals surface area contributed by atoms with Crippen LogP contribution in [0.25, 0.3) is 0 Å². The van der Waals surface area contributed by atoms with Crippen LogP contribution in [0.1, 0.15) is 0 Å². The summed E-state index contributed by atoms with van der Waals surface area (Å²) in [5, 5.41) is -0.378. The molecule has 1 fully saturated rings. The third-order valence-corrected chi connectivity index (χ3v) is 6.10. The minimum Gasteiger partial charge on any atom is -0.292 e. The topological polar surface area (TPSA) is 92.5 Å². The van der Waals surface area contributed by atoms with Crippen molar-refractivity contribution in [3.05, 3.63) is 29.3 Å². The molecule has 1 atom stereocenters. The Labute approximate surface area is 120 Å². The maximum atomic E-state index is 12.4. The fraction of sp³-hybridized carbons (Fsp3) is 0.300. The van der Waals surface area contributed by atoms with Crippen molar-refractivity contribution in [1.29, 1.82) is 0 Å². The number of nitrogens with zero attached hydrogens (tertiary/aromatic N) is 1. The minimum absolute atomic E-state index is 0.106. The molecular formula is C10H12ClN3O3S2. The van der Waals surface area contributed by atoms with E-state index < -0.39 is 21.3 Å². The summed E-state index contributed by atoms with van der Waals surface area (Å²) in [6.45, 7) is 0.272. The minimum atomic E-state index is -3.72. The molecule has 2 rings (SSSR count). The second-order valence-electron chi connectivity index (χ2n) is 3.80. The summed E-state index contributed by atoms with van der Waals surface area (Å²) in [4.78, 5) is 11.7. The van der Waals surface area contributed by atoms with Gasteiger partial charge in [-0.15, -0.1) is 11.8 Å². The van der Waals surface area contributed by atoms with Gasteiger partial charge in [-0.05, 0) is 24.3 Å². The smallest absolute Gasteiger partial charge is 0.262 e. The largest absolute Gasteiger partial charge is 0.292 e. The van der Waals surface area contributed by atoms with Gasteiger partial charge in [0.25, 0.3) is 5.91 Å². The first kappa shape index (κ1) is 14.6. The predicted molar refractivity (Wildman–Crippen MR) is 73.9 cm³/mol. The standard InChI is InChI=1S/C10H12ClN3O3S2/c11-7-1-3-8(4-2-7)19(16,17)14-5-6-18-10(14)9(15)13-12/h1-4,10H,5-6,12H2,(H,13,15)/t10-/m1/s1. The maximum Gasteiger partial charge on any atom is 0.262 e. The molecule has 0 spiro atoms. The van der Waals surface area contributed by atoms with Crippen LogP contribution in [0.5, 0.6) is 0 Å². The highest BCUT2D eigenvalue weighted by Gasteiger charge is 2.39. The van der Waals surface area contributed by atoms with Crippen LogP contribution >= 0.6 is 23.4 Å². The quantitative estimate of drug-likeness (QED) is 0.477. The molecule has 1 aromatic carbocycles. The van der Waals surface area contributed by atoms with Gasteiger partial charge >= 0.3 is 0 Å². The number of amides is 1. The molecule has 1 aromatic rings. The zero-order valence-electron chi connectivity index (χ0n) is 9.74. The molecule has 0 aromatic heterocycles. The van der Waals surface area contributed by atoms with Gasteiger partial charge in [0.05, 0.1) is 4.90 Å². The van der Waals surface area contributed by atoms with Crippen LogP contribution in [0.2, 0.25) is 5.02 Å². The highest BCUT2D eigenvalue weighted by molar-refractivity contribution is 8.02. The number of hydrogen-bond donors (Lipinski definition) is 2. The van der Waals surface area contributed by atoms with E-state index in [9.17, 15) is 13.2 Å². The average Bonchev–Trinajstić information content (AvgIpc) is 2.88. The van der Waals surface area contributed by atoms with Crippen LogP contribution in [0.4, 0.5) is 0 Å². The number of sulfonamides is 1. The van der Waals surface area contributed by atoms with Crippen LogP contribution in [0.15, 0.2) is 29.2 Å². The van der Waals surface area contributed by atoms with Crippen molar-refractivity contribution >= 4 is 39.3 Å². The fourth-order valence-electron chi connectivity index (χ4n) is 1.72. The Bertz CT molecular complexity index is 576. The third kappa shape index (κ3) is 2.87. The van der Waals surface area contributed by atoms with E-state index in [2.05, 4.69) is 0 Å². The van der Waals surface area contributed by atoms with E-state index in [4.69, 9.17) is 17.4 Å². The van der Waals surface area contributed by atoms with Gasteiger partial charge in [0.1, 0.15) is 0 Å². The van der Waals surface area contributed by atoms with Gasteiger partial charge in [-0.3, -0.25) is 10.2 Å². The molecule has 0 saturated carbocycles. The zero-order valence-corrected chi connectivity index (χ0v) is 12.1. The molecule has 19 heavy (non-hydrogen) atoms. The number of hydrogen-bond acceptors (Lipinski definition) is 5. The zero-order chi connectivity index (χ0) is 14.0. The lowest BCUT2D eigenvalue weighted by atomic mass is 10.4. The molecule has 1 heterocycles. The van der Waals surface area contributed by atoms with E-state index in [0.717, 1.165) is 4.31 Å². The lowest BCUT2D eigenvalue weighted by Crippen LogP contribution is -2.46. The van der Waals surface area contributed by atoms with Crippen LogP contribution in [0, 0.1) is 0 Å². The van der Waals surface area contributed by atoms with Crippen molar-refractivity contribution < 1.29 is 13.2 Å². The molecule has 1 saturated heterocycles. The number of benzene rings is 1. The lowest BCUT2D eigenvalue weighted by molar-refractivity contribution is -0.122. The molecule has 0 bridgehead atoms. The molecule has 0 unspecified atom stereocenters. The number of rotatable bonds is 3. The third-order valence-electron chi connectivity index (χ3n) is 2.64. The molecule has 104 valence electrons. The Kier molecular flexibility index (Phi) is 4.36. The average molecular weight is 322 g/mol. The van der Waals surface area contributed by atoms with Gasteiger partial charge in [0, 0.05) is 17.3 Å².